The zero-order valence-electron chi connectivity index (χ0n) is 14.0. The molecule has 0 amide bonds. The Balaban J connectivity index is 2.33. The molecule has 0 atom stereocenters. The molecule has 3 heterocycles. The summed E-state index contributed by atoms with van der Waals surface area (Å²) in [6.45, 7) is 4.02. The molecule has 0 aliphatic heterocycles. The van der Waals surface area contributed by atoms with Crippen LogP contribution in [0.15, 0.2) is 35.4 Å². The number of aromatic carboxylic acids is 1. The third kappa shape index (κ3) is 3.06. The fourth-order valence-corrected chi connectivity index (χ4v) is 2.35. The molecule has 0 spiro atoms. The van der Waals surface area contributed by atoms with Crippen LogP contribution in [0.4, 0.5) is 5.82 Å². The summed E-state index contributed by atoms with van der Waals surface area (Å²) in [6.07, 6.45) is 3.32. The zero-order chi connectivity index (χ0) is 18.1. The molecule has 3 aromatic rings. The second-order valence-electron chi connectivity index (χ2n) is 5.89. The highest BCUT2D eigenvalue weighted by atomic mass is 16.4. The van der Waals surface area contributed by atoms with Gasteiger partial charge in [-0.1, -0.05) is 0 Å². The number of pyridine rings is 2. The van der Waals surface area contributed by atoms with E-state index in [2.05, 4.69) is 19.9 Å². The molecule has 0 unspecified atom stereocenters. The Morgan fingerprint density at radius 2 is 2.08 bits per heavy atom. The van der Waals surface area contributed by atoms with Crippen molar-refractivity contribution in [3.63, 3.8) is 0 Å². The van der Waals surface area contributed by atoms with Gasteiger partial charge in [-0.25, -0.2) is 14.8 Å². The second-order valence-corrected chi connectivity index (χ2v) is 5.89. The number of aromatic nitrogens is 4. The molecule has 3 aromatic heterocycles. The molecule has 0 aromatic carbocycles. The van der Waals surface area contributed by atoms with Crippen LogP contribution in [0.25, 0.3) is 22.4 Å². The number of hydrogen-bond donors (Lipinski definition) is 2. The molecule has 0 saturated heterocycles. The highest BCUT2D eigenvalue weighted by molar-refractivity contribution is 5.91. The van der Waals surface area contributed by atoms with E-state index in [0.717, 1.165) is 5.56 Å². The van der Waals surface area contributed by atoms with Crippen molar-refractivity contribution in [2.24, 2.45) is 0 Å². The van der Waals surface area contributed by atoms with Gasteiger partial charge in [-0.15, -0.1) is 0 Å². The van der Waals surface area contributed by atoms with Gasteiger partial charge in [-0.2, -0.15) is 0 Å². The maximum atomic E-state index is 11.9. The Labute approximate surface area is 143 Å². The van der Waals surface area contributed by atoms with Gasteiger partial charge in [0.2, 0.25) is 0 Å². The van der Waals surface area contributed by atoms with E-state index in [-0.39, 0.29) is 17.3 Å². The molecule has 0 fully saturated rings. The summed E-state index contributed by atoms with van der Waals surface area (Å²) >= 11 is 0. The number of anilines is 1. The third-order valence-corrected chi connectivity index (χ3v) is 3.94. The molecule has 128 valence electrons. The summed E-state index contributed by atoms with van der Waals surface area (Å²) in [7, 11) is 1.88. The van der Waals surface area contributed by atoms with E-state index in [1.165, 1.54) is 6.07 Å². The topological polar surface area (TPSA) is 112 Å². The Hall–Kier alpha value is -3.29. The number of nitrogens with zero attached hydrogens (tertiary/aromatic N) is 4. The van der Waals surface area contributed by atoms with Gasteiger partial charge in [0.1, 0.15) is 16.8 Å². The fraction of sp³-hybridized carbons (Fsp3) is 0.235. The van der Waals surface area contributed by atoms with Gasteiger partial charge < -0.3 is 15.0 Å². The maximum Gasteiger partial charge on any atom is 0.341 e. The van der Waals surface area contributed by atoms with Crippen molar-refractivity contribution < 1.29 is 9.90 Å². The van der Waals surface area contributed by atoms with E-state index in [4.69, 9.17) is 5.11 Å². The Kier molecular flexibility index (Phi) is 4.18. The Morgan fingerprint density at radius 3 is 2.68 bits per heavy atom. The van der Waals surface area contributed by atoms with Crippen LogP contribution in [0.3, 0.4) is 0 Å². The average Bonchev–Trinajstić information content (AvgIpc) is 2.60. The standard InChI is InChI=1S/C17H17N5O3/c1-9(2)22(3)15-13(10-5-4-6-18-8-10)20-14-12(19-15)7-11(17(24)25)16(23)21-14/h4-9H,1-3H3,(H,24,25)(H,20,21,23). The SMILES string of the molecule is CC(C)N(C)c1nc2cc(C(=O)O)c(=O)[nH]c2nc1-c1cccnc1. The van der Waals surface area contributed by atoms with Gasteiger partial charge >= 0.3 is 5.97 Å². The van der Waals surface area contributed by atoms with Crippen LogP contribution >= 0.6 is 0 Å². The lowest BCUT2D eigenvalue weighted by Gasteiger charge is -2.24. The van der Waals surface area contributed by atoms with Crippen molar-refractivity contribution >= 4 is 23.0 Å². The van der Waals surface area contributed by atoms with E-state index in [0.29, 0.717) is 17.0 Å². The first-order valence-corrected chi connectivity index (χ1v) is 7.70. The summed E-state index contributed by atoms with van der Waals surface area (Å²) in [5.41, 5.74) is 0.783. The number of aromatic amines is 1. The number of rotatable bonds is 4. The molecule has 0 bridgehead atoms. The van der Waals surface area contributed by atoms with Gasteiger partial charge in [0.15, 0.2) is 11.5 Å². The van der Waals surface area contributed by atoms with Crippen molar-refractivity contribution in [2.75, 3.05) is 11.9 Å². The van der Waals surface area contributed by atoms with Gasteiger partial charge in [-0.3, -0.25) is 9.78 Å². The molecule has 0 saturated carbocycles. The van der Waals surface area contributed by atoms with Crippen LogP contribution in [0, 0.1) is 0 Å². The number of H-pyrrole nitrogens is 1. The first-order valence-electron chi connectivity index (χ1n) is 7.70. The van der Waals surface area contributed by atoms with Gasteiger partial charge in [0.25, 0.3) is 5.56 Å². The van der Waals surface area contributed by atoms with E-state index in [1.807, 2.05) is 31.9 Å². The van der Waals surface area contributed by atoms with Gasteiger partial charge in [0.05, 0.1) is 0 Å². The van der Waals surface area contributed by atoms with Crippen molar-refractivity contribution in [1.29, 1.82) is 0 Å². The van der Waals surface area contributed by atoms with Crippen molar-refractivity contribution in [3.05, 3.63) is 46.5 Å². The van der Waals surface area contributed by atoms with E-state index >= 15 is 0 Å². The quantitative estimate of drug-likeness (QED) is 0.746. The van der Waals surface area contributed by atoms with Crippen LogP contribution in [0.2, 0.25) is 0 Å². The predicted octanol–water partition coefficient (Wildman–Crippen LogP) is 1.92. The predicted molar refractivity (Wildman–Crippen MR) is 93.9 cm³/mol. The number of carbonyl (C=O) groups is 1. The van der Waals surface area contributed by atoms with E-state index < -0.39 is 11.5 Å². The largest absolute Gasteiger partial charge is 0.477 e. The first-order chi connectivity index (χ1) is 11.9. The van der Waals surface area contributed by atoms with Crippen molar-refractivity contribution in [3.8, 4) is 11.3 Å². The Morgan fingerprint density at radius 1 is 1.32 bits per heavy atom. The molecule has 8 nitrogen and oxygen atoms in total. The minimum Gasteiger partial charge on any atom is -0.477 e. The summed E-state index contributed by atoms with van der Waals surface area (Å²) in [4.78, 5) is 40.7. The van der Waals surface area contributed by atoms with Gasteiger partial charge in [-0.05, 0) is 32.0 Å². The fourth-order valence-electron chi connectivity index (χ4n) is 2.35. The van der Waals surface area contributed by atoms with E-state index in [1.54, 1.807) is 18.5 Å². The number of carboxylic acids is 1. The van der Waals surface area contributed by atoms with Crippen LogP contribution in [-0.2, 0) is 0 Å². The number of carboxylic acid groups (broad SMARTS) is 1. The highest BCUT2D eigenvalue weighted by Gasteiger charge is 2.19. The molecule has 3 rings (SSSR count). The second kappa shape index (κ2) is 6.31. The van der Waals surface area contributed by atoms with Crippen molar-refractivity contribution in [1.82, 2.24) is 19.9 Å². The molecular weight excluding hydrogens is 322 g/mol. The summed E-state index contributed by atoms with van der Waals surface area (Å²) in [5, 5.41) is 9.14. The number of hydrogen-bond acceptors (Lipinski definition) is 6. The van der Waals surface area contributed by atoms with E-state index in [9.17, 15) is 9.59 Å². The van der Waals surface area contributed by atoms with Gasteiger partial charge in [0, 0.05) is 31.0 Å². The minimum atomic E-state index is -1.31. The van der Waals surface area contributed by atoms with Crippen LogP contribution in [0.1, 0.15) is 24.2 Å². The molecule has 0 aliphatic carbocycles. The zero-order valence-corrected chi connectivity index (χ0v) is 14.0. The molecule has 2 N–H and O–H groups in total. The third-order valence-electron chi connectivity index (χ3n) is 3.94. The van der Waals surface area contributed by atoms with Crippen LogP contribution < -0.4 is 10.5 Å². The molecule has 0 aliphatic rings. The van der Waals surface area contributed by atoms with Crippen LogP contribution in [0.5, 0.6) is 0 Å². The normalized spacial score (nSPS) is 11.0. The molecule has 0 radical (unpaired) electrons. The molecule has 25 heavy (non-hydrogen) atoms. The summed E-state index contributed by atoms with van der Waals surface area (Å²) in [5.74, 6) is -0.723. The Bertz CT molecular complexity index is 998. The molecule has 8 heteroatoms. The summed E-state index contributed by atoms with van der Waals surface area (Å²) in [6, 6.07) is 5.03. The minimum absolute atomic E-state index is 0.142. The van der Waals surface area contributed by atoms with Crippen LogP contribution in [-0.4, -0.2) is 44.1 Å². The monoisotopic (exact) mass is 339 g/mol. The smallest absolute Gasteiger partial charge is 0.341 e. The first kappa shape index (κ1) is 16.6. The highest BCUT2D eigenvalue weighted by Crippen LogP contribution is 2.28. The average molecular weight is 339 g/mol. The number of fused-ring (bicyclic) bond motifs is 1. The maximum absolute atomic E-state index is 11.9. The number of nitrogens with one attached hydrogen (secondary N) is 1. The lowest BCUT2D eigenvalue weighted by atomic mass is 10.1. The lowest BCUT2D eigenvalue weighted by molar-refractivity contribution is 0.0695. The van der Waals surface area contributed by atoms with Crippen molar-refractivity contribution in [2.45, 2.75) is 19.9 Å². The summed E-state index contributed by atoms with van der Waals surface area (Å²) < 4.78 is 0. The molecular formula is C17H17N5O3. The lowest BCUT2D eigenvalue weighted by Crippen LogP contribution is -2.28.